The van der Waals surface area contributed by atoms with Crippen molar-refractivity contribution in [2.75, 3.05) is 13.7 Å². The second-order valence-electron chi connectivity index (χ2n) is 5.01. The molecule has 0 heterocycles. The van der Waals surface area contributed by atoms with Crippen LogP contribution in [0.1, 0.15) is 25.8 Å². The second-order valence-corrected chi connectivity index (χ2v) is 6.63. The Morgan fingerprint density at radius 3 is 2.05 bits per heavy atom. The lowest BCUT2D eigenvalue weighted by molar-refractivity contribution is -0.137. The average Bonchev–Trinajstić information content (AvgIpc) is 2.37. The standard InChI is InChI=1S/C13H17F3O4S/c1-12(2,19-3)8-9-20-21(17,18)11-6-4-10(5-7-11)13(14,15)16/h4-7H,8-9H2,1-3H3. The monoisotopic (exact) mass is 326 g/mol. The maximum absolute atomic E-state index is 12.4. The van der Waals surface area contributed by atoms with Gasteiger partial charge in [0.05, 0.1) is 22.7 Å². The van der Waals surface area contributed by atoms with Gasteiger partial charge in [-0.25, -0.2) is 0 Å². The van der Waals surface area contributed by atoms with Crippen molar-refractivity contribution < 1.29 is 30.5 Å². The lowest BCUT2D eigenvalue weighted by Crippen LogP contribution is -2.25. The second kappa shape index (κ2) is 6.33. The number of rotatable bonds is 6. The molecule has 120 valence electrons. The van der Waals surface area contributed by atoms with Gasteiger partial charge < -0.3 is 4.74 Å². The van der Waals surface area contributed by atoms with Gasteiger partial charge in [0.25, 0.3) is 10.1 Å². The van der Waals surface area contributed by atoms with E-state index in [0.29, 0.717) is 18.6 Å². The van der Waals surface area contributed by atoms with Gasteiger partial charge in [0, 0.05) is 13.5 Å². The number of hydrogen-bond donors (Lipinski definition) is 0. The molecule has 1 rings (SSSR count). The van der Waals surface area contributed by atoms with E-state index in [4.69, 9.17) is 8.92 Å². The van der Waals surface area contributed by atoms with Gasteiger partial charge in [-0.3, -0.25) is 4.18 Å². The molecule has 0 saturated heterocycles. The number of methoxy groups -OCH3 is 1. The minimum absolute atomic E-state index is 0.121. The van der Waals surface area contributed by atoms with Gasteiger partial charge in [-0.2, -0.15) is 21.6 Å². The van der Waals surface area contributed by atoms with E-state index in [2.05, 4.69) is 0 Å². The van der Waals surface area contributed by atoms with Gasteiger partial charge in [-0.1, -0.05) is 0 Å². The Hall–Kier alpha value is -1.12. The zero-order valence-electron chi connectivity index (χ0n) is 11.9. The van der Waals surface area contributed by atoms with Gasteiger partial charge in [0.15, 0.2) is 0 Å². The Labute approximate surface area is 122 Å². The molecule has 0 aromatic heterocycles. The third-order valence-electron chi connectivity index (χ3n) is 2.97. The van der Waals surface area contributed by atoms with Crippen LogP contribution in [0, 0.1) is 0 Å². The zero-order valence-corrected chi connectivity index (χ0v) is 12.7. The molecule has 8 heteroatoms. The smallest absolute Gasteiger partial charge is 0.379 e. The summed E-state index contributed by atoms with van der Waals surface area (Å²) in [6.07, 6.45) is -4.19. The van der Waals surface area contributed by atoms with E-state index in [1.54, 1.807) is 13.8 Å². The molecule has 0 aliphatic carbocycles. The first-order valence-corrected chi connectivity index (χ1v) is 7.51. The van der Waals surface area contributed by atoms with Crippen LogP contribution in [0.5, 0.6) is 0 Å². The number of alkyl halides is 3. The third-order valence-corrected chi connectivity index (χ3v) is 4.29. The lowest BCUT2D eigenvalue weighted by atomic mass is 10.1. The van der Waals surface area contributed by atoms with Crippen LogP contribution in [0.25, 0.3) is 0 Å². The topological polar surface area (TPSA) is 52.6 Å². The number of ether oxygens (including phenoxy) is 1. The maximum Gasteiger partial charge on any atom is 0.416 e. The SMILES string of the molecule is COC(C)(C)CCOS(=O)(=O)c1ccc(C(F)(F)F)cc1. The summed E-state index contributed by atoms with van der Waals surface area (Å²) in [5, 5.41) is 0. The third kappa shape index (κ3) is 5.29. The van der Waals surface area contributed by atoms with Crippen molar-refractivity contribution >= 4 is 10.1 Å². The first kappa shape index (κ1) is 17.9. The van der Waals surface area contributed by atoms with E-state index in [1.807, 2.05) is 0 Å². The highest BCUT2D eigenvalue weighted by Crippen LogP contribution is 2.30. The average molecular weight is 326 g/mol. The number of benzene rings is 1. The molecule has 0 atom stereocenters. The molecule has 1 aromatic rings. The van der Waals surface area contributed by atoms with E-state index in [-0.39, 0.29) is 11.5 Å². The Morgan fingerprint density at radius 1 is 1.10 bits per heavy atom. The van der Waals surface area contributed by atoms with Crippen LogP contribution in [-0.4, -0.2) is 27.7 Å². The minimum Gasteiger partial charge on any atom is -0.379 e. The quantitative estimate of drug-likeness (QED) is 0.753. The molecule has 0 radical (unpaired) electrons. The van der Waals surface area contributed by atoms with Crippen LogP contribution < -0.4 is 0 Å². The van der Waals surface area contributed by atoms with Crippen molar-refractivity contribution in [3.05, 3.63) is 29.8 Å². The molecule has 0 fully saturated rings. The Kier molecular flexibility index (Phi) is 5.40. The van der Waals surface area contributed by atoms with Gasteiger partial charge in [0.2, 0.25) is 0 Å². The molecule has 0 aliphatic rings. The first-order chi connectivity index (χ1) is 9.48. The van der Waals surface area contributed by atoms with E-state index in [9.17, 15) is 21.6 Å². The van der Waals surface area contributed by atoms with E-state index in [0.717, 1.165) is 12.1 Å². The fourth-order valence-electron chi connectivity index (χ4n) is 1.38. The van der Waals surface area contributed by atoms with Crippen molar-refractivity contribution in [3.63, 3.8) is 0 Å². The van der Waals surface area contributed by atoms with Crippen molar-refractivity contribution in [1.29, 1.82) is 0 Å². The molecule has 0 aliphatic heterocycles. The summed E-state index contributed by atoms with van der Waals surface area (Å²) in [4.78, 5) is -0.314. The summed E-state index contributed by atoms with van der Waals surface area (Å²) >= 11 is 0. The van der Waals surface area contributed by atoms with Crippen LogP contribution >= 0.6 is 0 Å². The first-order valence-electron chi connectivity index (χ1n) is 6.10. The van der Waals surface area contributed by atoms with E-state index in [1.165, 1.54) is 7.11 Å². The summed E-state index contributed by atoms with van der Waals surface area (Å²) < 4.78 is 70.7. The van der Waals surface area contributed by atoms with E-state index < -0.39 is 27.5 Å². The van der Waals surface area contributed by atoms with Crippen LogP contribution in [0.15, 0.2) is 29.2 Å². The molecule has 1 aromatic carbocycles. The van der Waals surface area contributed by atoms with Crippen molar-refractivity contribution in [3.8, 4) is 0 Å². The molecule has 0 unspecified atom stereocenters. The molecule has 0 amide bonds. The highest BCUT2D eigenvalue weighted by molar-refractivity contribution is 7.86. The predicted molar refractivity (Wildman–Crippen MR) is 70.3 cm³/mol. The molecular weight excluding hydrogens is 309 g/mol. The Morgan fingerprint density at radius 2 is 1.62 bits per heavy atom. The van der Waals surface area contributed by atoms with Crippen molar-refractivity contribution in [2.45, 2.75) is 36.9 Å². The molecule has 0 spiro atoms. The highest BCUT2D eigenvalue weighted by Gasteiger charge is 2.30. The normalized spacial score (nSPS) is 13.4. The summed E-state index contributed by atoms with van der Waals surface area (Å²) in [5.74, 6) is 0. The van der Waals surface area contributed by atoms with Crippen LogP contribution in [0.3, 0.4) is 0 Å². The molecule has 0 saturated carbocycles. The maximum atomic E-state index is 12.4. The molecule has 21 heavy (non-hydrogen) atoms. The summed E-state index contributed by atoms with van der Waals surface area (Å²) in [7, 11) is -2.59. The van der Waals surface area contributed by atoms with Crippen molar-refractivity contribution in [2.24, 2.45) is 0 Å². The number of hydrogen-bond acceptors (Lipinski definition) is 4. The fourth-order valence-corrected chi connectivity index (χ4v) is 2.29. The van der Waals surface area contributed by atoms with Crippen LogP contribution in [0.4, 0.5) is 13.2 Å². The van der Waals surface area contributed by atoms with E-state index >= 15 is 0 Å². The Balaban J connectivity index is 2.75. The van der Waals surface area contributed by atoms with Crippen LogP contribution in [-0.2, 0) is 25.2 Å². The molecule has 4 nitrogen and oxygen atoms in total. The molecule has 0 bridgehead atoms. The molecule has 0 N–H and O–H groups in total. The lowest BCUT2D eigenvalue weighted by Gasteiger charge is -2.22. The van der Waals surface area contributed by atoms with Crippen molar-refractivity contribution in [1.82, 2.24) is 0 Å². The summed E-state index contributed by atoms with van der Waals surface area (Å²) in [6.45, 7) is 3.41. The number of halogens is 3. The zero-order chi connectivity index (χ0) is 16.3. The van der Waals surface area contributed by atoms with Crippen LogP contribution in [0.2, 0.25) is 0 Å². The van der Waals surface area contributed by atoms with Gasteiger partial charge >= 0.3 is 6.18 Å². The predicted octanol–water partition coefficient (Wildman–Crippen LogP) is 3.23. The minimum atomic E-state index is -4.51. The van der Waals surface area contributed by atoms with Gasteiger partial charge in [-0.15, -0.1) is 0 Å². The van der Waals surface area contributed by atoms with Gasteiger partial charge in [-0.05, 0) is 38.1 Å². The summed E-state index contributed by atoms with van der Waals surface area (Å²) in [6, 6.07) is 3.16. The highest BCUT2D eigenvalue weighted by atomic mass is 32.2. The van der Waals surface area contributed by atoms with Gasteiger partial charge in [0.1, 0.15) is 0 Å². The Bertz CT molecular complexity index is 562. The fraction of sp³-hybridized carbons (Fsp3) is 0.538. The summed E-state index contributed by atoms with van der Waals surface area (Å²) in [5.41, 5.74) is -1.46. The largest absolute Gasteiger partial charge is 0.416 e. The molecular formula is C13H17F3O4S.